The van der Waals surface area contributed by atoms with Crippen molar-refractivity contribution >= 4 is 17.6 Å². The van der Waals surface area contributed by atoms with Gasteiger partial charge in [-0.05, 0) is 62.9 Å². The van der Waals surface area contributed by atoms with E-state index in [1.165, 1.54) is 0 Å². The zero-order chi connectivity index (χ0) is 21.2. The fourth-order valence-electron chi connectivity index (χ4n) is 2.95. The maximum atomic E-state index is 12.5. The third-order valence-electron chi connectivity index (χ3n) is 4.93. The lowest BCUT2D eigenvalue weighted by Gasteiger charge is -2.25. The molecule has 29 heavy (non-hydrogen) atoms. The van der Waals surface area contributed by atoms with E-state index in [0.717, 1.165) is 29.5 Å². The smallest absolute Gasteiger partial charge is 0.254 e. The van der Waals surface area contributed by atoms with Crippen molar-refractivity contribution in [2.24, 2.45) is 0 Å². The molecule has 2 amide bonds. The van der Waals surface area contributed by atoms with E-state index < -0.39 is 5.54 Å². The Labute approximate surface area is 170 Å². The molecule has 1 saturated carbocycles. The van der Waals surface area contributed by atoms with E-state index in [1.807, 2.05) is 39.0 Å². The number of carbonyl (C=O) groups is 2. The normalized spacial score (nSPS) is 13.7. The molecule has 154 valence electrons. The van der Waals surface area contributed by atoms with Gasteiger partial charge >= 0.3 is 0 Å². The molecule has 0 unspecified atom stereocenters. The first-order valence-electron chi connectivity index (χ1n) is 9.77. The summed E-state index contributed by atoms with van der Waals surface area (Å²) in [4.78, 5) is 29.3. The monoisotopic (exact) mass is 396 g/mol. The number of hydrogen-bond acceptors (Lipinski definition) is 5. The van der Waals surface area contributed by atoms with Crippen molar-refractivity contribution in [3.63, 3.8) is 0 Å². The molecule has 0 spiro atoms. The maximum Gasteiger partial charge on any atom is 0.254 e. The van der Waals surface area contributed by atoms with Crippen LogP contribution in [0.2, 0.25) is 0 Å². The summed E-state index contributed by atoms with van der Waals surface area (Å²) in [6, 6.07) is 7.59. The van der Waals surface area contributed by atoms with Gasteiger partial charge in [-0.3, -0.25) is 9.59 Å². The molecule has 1 heterocycles. The van der Waals surface area contributed by atoms with Gasteiger partial charge in [0.1, 0.15) is 5.82 Å². The maximum absolute atomic E-state index is 12.5. The number of aliphatic hydroxyl groups excluding tert-OH is 1. The third kappa shape index (κ3) is 4.92. The van der Waals surface area contributed by atoms with Crippen LogP contribution >= 0.6 is 0 Å². The molecular formula is C22H28N4O3. The van der Waals surface area contributed by atoms with Crippen LogP contribution in [0, 0.1) is 6.92 Å². The van der Waals surface area contributed by atoms with Crippen LogP contribution in [0.25, 0.3) is 11.1 Å². The zero-order valence-electron chi connectivity index (χ0n) is 17.3. The van der Waals surface area contributed by atoms with Crippen LogP contribution in [0.5, 0.6) is 0 Å². The van der Waals surface area contributed by atoms with Gasteiger partial charge in [-0.1, -0.05) is 6.07 Å². The fraction of sp³-hybridized carbons (Fsp3) is 0.409. The van der Waals surface area contributed by atoms with Crippen LogP contribution < -0.4 is 16.0 Å². The third-order valence-corrected chi connectivity index (χ3v) is 4.93. The number of aryl methyl sites for hydroxylation is 1. The Balaban J connectivity index is 1.99. The van der Waals surface area contributed by atoms with Gasteiger partial charge in [0.2, 0.25) is 0 Å². The second-order valence-electron chi connectivity index (χ2n) is 8.14. The van der Waals surface area contributed by atoms with E-state index in [-0.39, 0.29) is 24.5 Å². The Bertz CT molecular complexity index is 936. The molecule has 3 rings (SSSR count). The molecule has 0 bridgehead atoms. The molecule has 0 aliphatic heterocycles. The van der Waals surface area contributed by atoms with Crippen molar-refractivity contribution in [3.8, 4) is 11.1 Å². The lowest BCUT2D eigenvalue weighted by Crippen LogP contribution is -2.36. The van der Waals surface area contributed by atoms with E-state index in [4.69, 9.17) is 0 Å². The summed E-state index contributed by atoms with van der Waals surface area (Å²) < 4.78 is 0. The average molecular weight is 396 g/mol. The standard InChI is InChI=1S/C22H28N4O3/c1-13-5-6-14(20(28)25-16-7-8-16)9-17(13)15-10-18(21(29)23-4)19(24-11-15)26-22(2,3)12-27/h5-6,9-11,16,27H,7-8,12H2,1-4H3,(H,23,29)(H,24,26)(H,25,28). The highest BCUT2D eigenvalue weighted by Crippen LogP contribution is 2.29. The number of aliphatic hydroxyl groups is 1. The molecule has 7 nitrogen and oxygen atoms in total. The molecule has 0 saturated heterocycles. The molecule has 4 N–H and O–H groups in total. The summed E-state index contributed by atoms with van der Waals surface area (Å²) in [6.45, 7) is 5.49. The SMILES string of the molecule is CNC(=O)c1cc(-c2cc(C(=O)NC3CC3)ccc2C)cnc1NC(C)(C)CO. The predicted octanol–water partition coefficient (Wildman–Crippen LogP) is 2.49. The molecule has 1 aliphatic carbocycles. The van der Waals surface area contributed by atoms with Crippen LogP contribution in [-0.2, 0) is 0 Å². The van der Waals surface area contributed by atoms with Crippen LogP contribution in [0.15, 0.2) is 30.5 Å². The lowest BCUT2D eigenvalue weighted by molar-refractivity contribution is 0.0947. The molecule has 2 aromatic rings. The molecule has 1 aliphatic rings. The number of carbonyl (C=O) groups excluding carboxylic acids is 2. The first-order chi connectivity index (χ1) is 13.7. The molecule has 1 fully saturated rings. The van der Waals surface area contributed by atoms with Crippen molar-refractivity contribution in [3.05, 3.63) is 47.2 Å². The van der Waals surface area contributed by atoms with Crippen molar-refractivity contribution in [2.45, 2.75) is 45.2 Å². The summed E-state index contributed by atoms with van der Waals surface area (Å²) in [5.41, 5.74) is 2.90. The second-order valence-corrected chi connectivity index (χ2v) is 8.14. The first kappa shape index (κ1) is 20.8. The highest BCUT2D eigenvalue weighted by atomic mass is 16.3. The van der Waals surface area contributed by atoms with E-state index >= 15 is 0 Å². The predicted molar refractivity (Wildman–Crippen MR) is 113 cm³/mol. The van der Waals surface area contributed by atoms with Gasteiger partial charge < -0.3 is 21.1 Å². The number of anilines is 1. The first-order valence-corrected chi connectivity index (χ1v) is 9.77. The van der Waals surface area contributed by atoms with Crippen LogP contribution in [-0.4, -0.2) is 47.1 Å². The van der Waals surface area contributed by atoms with Gasteiger partial charge in [-0.15, -0.1) is 0 Å². The number of pyridine rings is 1. The topological polar surface area (TPSA) is 103 Å². The van der Waals surface area contributed by atoms with Crippen LogP contribution in [0.4, 0.5) is 5.82 Å². The van der Waals surface area contributed by atoms with Gasteiger partial charge in [-0.25, -0.2) is 4.98 Å². The highest BCUT2D eigenvalue weighted by molar-refractivity contribution is 6.00. The van der Waals surface area contributed by atoms with Gasteiger partial charge in [-0.2, -0.15) is 0 Å². The summed E-state index contributed by atoms with van der Waals surface area (Å²) in [5.74, 6) is 0.0273. The van der Waals surface area contributed by atoms with Gasteiger partial charge in [0.25, 0.3) is 11.8 Å². The highest BCUT2D eigenvalue weighted by Gasteiger charge is 2.24. The minimum Gasteiger partial charge on any atom is -0.394 e. The Kier molecular flexibility index (Phi) is 5.88. The number of benzene rings is 1. The Morgan fingerprint density at radius 3 is 2.55 bits per heavy atom. The molecular weight excluding hydrogens is 368 g/mol. The molecule has 1 aromatic heterocycles. The number of aromatic nitrogens is 1. The van der Waals surface area contributed by atoms with Crippen molar-refractivity contribution in [1.29, 1.82) is 0 Å². The summed E-state index contributed by atoms with van der Waals surface area (Å²) in [7, 11) is 1.56. The summed E-state index contributed by atoms with van der Waals surface area (Å²) in [6.07, 6.45) is 3.73. The summed E-state index contributed by atoms with van der Waals surface area (Å²) >= 11 is 0. The fourth-order valence-corrected chi connectivity index (χ4v) is 2.95. The second kappa shape index (κ2) is 8.21. The molecule has 1 aromatic carbocycles. The molecule has 0 radical (unpaired) electrons. The van der Waals surface area contributed by atoms with Crippen molar-refractivity contribution in [2.75, 3.05) is 19.0 Å². The van der Waals surface area contributed by atoms with E-state index in [9.17, 15) is 14.7 Å². The van der Waals surface area contributed by atoms with Gasteiger partial charge in [0.15, 0.2) is 0 Å². The van der Waals surface area contributed by atoms with E-state index in [2.05, 4.69) is 20.9 Å². The number of amides is 2. The Hall–Kier alpha value is -2.93. The van der Waals surface area contributed by atoms with Crippen molar-refractivity contribution in [1.82, 2.24) is 15.6 Å². The van der Waals surface area contributed by atoms with Crippen LogP contribution in [0.1, 0.15) is 53.0 Å². The minimum absolute atomic E-state index is 0.0868. The van der Waals surface area contributed by atoms with Crippen LogP contribution in [0.3, 0.4) is 0 Å². The molecule has 0 atom stereocenters. The van der Waals surface area contributed by atoms with E-state index in [0.29, 0.717) is 16.9 Å². The quantitative estimate of drug-likeness (QED) is 0.576. The largest absolute Gasteiger partial charge is 0.394 e. The van der Waals surface area contributed by atoms with E-state index in [1.54, 1.807) is 19.3 Å². The average Bonchev–Trinajstić information content (AvgIpc) is 3.52. The minimum atomic E-state index is -0.631. The molecule has 7 heteroatoms. The lowest BCUT2D eigenvalue weighted by atomic mass is 9.97. The Morgan fingerprint density at radius 1 is 1.21 bits per heavy atom. The summed E-state index contributed by atoms with van der Waals surface area (Å²) in [5, 5.41) is 18.3. The number of rotatable bonds is 7. The van der Waals surface area contributed by atoms with Gasteiger partial charge in [0.05, 0.1) is 17.7 Å². The number of nitrogens with one attached hydrogen (secondary N) is 3. The number of hydrogen-bond donors (Lipinski definition) is 4. The zero-order valence-corrected chi connectivity index (χ0v) is 17.3. The Morgan fingerprint density at radius 2 is 1.93 bits per heavy atom. The van der Waals surface area contributed by atoms with Gasteiger partial charge in [0, 0.05) is 30.4 Å². The number of nitrogens with zero attached hydrogens (tertiary/aromatic N) is 1. The van der Waals surface area contributed by atoms with Crippen molar-refractivity contribution < 1.29 is 14.7 Å².